The molecule has 1 saturated carbocycles. The third-order valence-corrected chi connectivity index (χ3v) is 5.98. The van der Waals surface area contributed by atoms with Crippen molar-refractivity contribution >= 4 is 12.6 Å². The van der Waals surface area contributed by atoms with Gasteiger partial charge in [0, 0.05) is 12.5 Å². The minimum absolute atomic E-state index is 0.264. The highest BCUT2D eigenvalue weighted by Crippen LogP contribution is 2.42. The Hall–Kier alpha value is -0.835. The lowest BCUT2D eigenvalue weighted by atomic mass is 9.76. The van der Waals surface area contributed by atoms with E-state index in [1.807, 2.05) is 0 Å². The van der Waals surface area contributed by atoms with Gasteiger partial charge in [0.15, 0.2) is 0 Å². The summed E-state index contributed by atoms with van der Waals surface area (Å²) in [6.07, 6.45) is 3.75. The van der Waals surface area contributed by atoms with Crippen LogP contribution < -0.4 is 5.46 Å². The summed E-state index contributed by atoms with van der Waals surface area (Å²) in [6, 6.07) is 6.98. The second-order valence-corrected chi connectivity index (χ2v) is 8.36. The maximum absolute atomic E-state index is 6.27. The van der Waals surface area contributed by atoms with Crippen LogP contribution in [-0.2, 0) is 14.0 Å². The number of ether oxygens (including phenoxy) is 1. The molecular formula is C19H27BO3. The molecule has 0 aromatic heterocycles. The fourth-order valence-corrected chi connectivity index (χ4v) is 3.50. The molecule has 2 heterocycles. The molecule has 1 aliphatic carbocycles. The van der Waals surface area contributed by atoms with Gasteiger partial charge in [-0.3, -0.25) is 0 Å². The zero-order valence-corrected chi connectivity index (χ0v) is 14.7. The van der Waals surface area contributed by atoms with E-state index in [1.54, 1.807) is 0 Å². The molecule has 1 atom stereocenters. The zero-order chi connectivity index (χ0) is 16.2. The molecule has 0 amide bonds. The van der Waals surface area contributed by atoms with Gasteiger partial charge in [0.05, 0.1) is 17.8 Å². The molecular weight excluding hydrogens is 287 g/mol. The van der Waals surface area contributed by atoms with E-state index in [0.29, 0.717) is 5.92 Å². The SMILES string of the molecule is CC1(C)OB(c2cc(C3CC3)cc(C3CCOC3)c2)OC1(C)C. The molecule has 3 fully saturated rings. The van der Waals surface area contributed by atoms with Crippen LogP contribution in [-0.4, -0.2) is 31.5 Å². The highest BCUT2D eigenvalue weighted by molar-refractivity contribution is 6.62. The Bertz CT molecular complexity index is 585. The molecule has 3 nitrogen and oxygen atoms in total. The van der Waals surface area contributed by atoms with E-state index < -0.39 is 0 Å². The quantitative estimate of drug-likeness (QED) is 0.801. The summed E-state index contributed by atoms with van der Waals surface area (Å²) >= 11 is 0. The summed E-state index contributed by atoms with van der Waals surface area (Å²) in [4.78, 5) is 0. The van der Waals surface area contributed by atoms with E-state index in [0.717, 1.165) is 25.6 Å². The lowest BCUT2D eigenvalue weighted by molar-refractivity contribution is 0.00578. The summed E-state index contributed by atoms with van der Waals surface area (Å²) < 4.78 is 18.1. The highest BCUT2D eigenvalue weighted by atomic mass is 16.7. The van der Waals surface area contributed by atoms with Gasteiger partial charge in [-0.1, -0.05) is 18.2 Å². The van der Waals surface area contributed by atoms with Crippen molar-refractivity contribution < 1.29 is 14.0 Å². The van der Waals surface area contributed by atoms with E-state index >= 15 is 0 Å². The summed E-state index contributed by atoms with van der Waals surface area (Å²) in [5, 5.41) is 0. The first-order valence-electron chi connectivity index (χ1n) is 8.94. The van der Waals surface area contributed by atoms with E-state index in [4.69, 9.17) is 14.0 Å². The average Bonchev–Trinajstić information content (AvgIpc) is 3.14. The van der Waals surface area contributed by atoms with Gasteiger partial charge < -0.3 is 14.0 Å². The van der Waals surface area contributed by atoms with Gasteiger partial charge in [0.1, 0.15) is 0 Å². The summed E-state index contributed by atoms with van der Waals surface area (Å²) in [6.45, 7) is 10.2. The van der Waals surface area contributed by atoms with Crippen molar-refractivity contribution in [3.63, 3.8) is 0 Å². The van der Waals surface area contributed by atoms with Crippen molar-refractivity contribution in [2.75, 3.05) is 13.2 Å². The summed E-state index contributed by atoms with van der Waals surface area (Å²) in [7, 11) is -0.264. The predicted octanol–water partition coefficient (Wildman–Crippen LogP) is 3.37. The first-order valence-corrected chi connectivity index (χ1v) is 8.94. The van der Waals surface area contributed by atoms with Crippen molar-refractivity contribution in [3.8, 4) is 0 Å². The van der Waals surface area contributed by atoms with Crippen LogP contribution in [0.1, 0.15) is 69.9 Å². The Labute approximate surface area is 139 Å². The second kappa shape index (κ2) is 5.33. The fourth-order valence-electron chi connectivity index (χ4n) is 3.50. The van der Waals surface area contributed by atoms with Crippen LogP contribution in [0.25, 0.3) is 0 Å². The van der Waals surface area contributed by atoms with Gasteiger partial charge in [-0.25, -0.2) is 0 Å². The van der Waals surface area contributed by atoms with Gasteiger partial charge in [0.25, 0.3) is 0 Å². The summed E-state index contributed by atoms with van der Waals surface area (Å²) in [5.74, 6) is 1.26. The first-order chi connectivity index (χ1) is 10.9. The molecule has 0 N–H and O–H groups in total. The molecule has 0 bridgehead atoms. The van der Waals surface area contributed by atoms with E-state index in [9.17, 15) is 0 Å². The maximum Gasteiger partial charge on any atom is 0.494 e. The van der Waals surface area contributed by atoms with Gasteiger partial charge >= 0.3 is 7.12 Å². The average molecular weight is 314 g/mol. The molecule has 1 unspecified atom stereocenters. The lowest BCUT2D eigenvalue weighted by Gasteiger charge is -2.32. The Kier molecular flexibility index (Phi) is 3.64. The Morgan fingerprint density at radius 3 is 2.00 bits per heavy atom. The molecule has 1 aromatic carbocycles. The smallest absolute Gasteiger partial charge is 0.399 e. The maximum atomic E-state index is 6.27. The van der Waals surface area contributed by atoms with Crippen LogP contribution in [0.5, 0.6) is 0 Å². The van der Waals surface area contributed by atoms with Gasteiger partial charge in [-0.15, -0.1) is 0 Å². The third-order valence-electron chi connectivity index (χ3n) is 5.98. The molecule has 3 aliphatic rings. The predicted molar refractivity (Wildman–Crippen MR) is 92.3 cm³/mol. The molecule has 4 rings (SSSR count). The Morgan fingerprint density at radius 1 is 0.870 bits per heavy atom. The topological polar surface area (TPSA) is 27.7 Å². The number of rotatable bonds is 3. The molecule has 2 saturated heterocycles. The van der Waals surface area contributed by atoms with E-state index in [2.05, 4.69) is 45.9 Å². The van der Waals surface area contributed by atoms with Crippen molar-refractivity contribution in [1.82, 2.24) is 0 Å². The van der Waals surface area contributed by atoms with E-state index in [-0.39, 0.29) is 18.3 Å². The van der Waals surface area contributed by atoms with E-state index in [1.165, 1.54) is 29.4 Å². The van der Waals surface area contributed by atoms with Crippen LogP contribution in [0.3, 0.4) is 0 Å². The first kappa shape index (κ1) is 15.7. The van der Waals surface area contributed by atoms with Crippen LogP contribution in [0.15, 0.2) is 18.2 Å². The molecule has 124 valence electrons. The lowest BCUT2D eigenvalue weighted by Crippen LogP contribution is -2.41. The van der Waals surface area contributed by atoms with Crippen molar-refractivity contribution in [1.29, 1.82) is 0 Å². The summed E-state index contributed by atoms with van der Waals surface area (Å²) in [5.41, 5.74) is 3.46. The van der Waals surface area contributed by atoms with Gasteiger partial charge in [-0.2, -0.15) is 0 Å². The molecule has 1 aromatic rings. The minimum atomic E-state index is -0.288. The standard InChI is InChI=1S/C19H27BO3/c1-18(2)19(3,4)23-20(22-18)17-10-15(13-5-6-13)9-16(11-17)14-7-8-21-12-14/h9-11,13-14H,5-8,12H2,1-4H3. The van der Waals surface area contributed by atoms with Crippen LogP contribution in [0, 0.1) is 0 Å². The molecule has 23 heavy (non-hydrogen) atoms. The normalized spacial score (nSPS) is 29.2. The molecule has 2 aliphatic heterocycles. The van der Waals surface area contributed by atoms with Gasteiger partial charge in [-0.05, 0) is 69.5 Å². The number of hydrogen-bond donors (Lipinski definition) is 0. The number of benzene rings is 1. The minimum Gasteiger partial charge on any atom is -0.399 e. The Morgan fingerprint density at radius 2 is 1.48 bits per heavy atom. The van der Waals surface area contributed by atoms with Crippen LogP contribution in [0.2, 0.25) is 0 Å². The molecule has 0 radical (unpaired) electrons. The zero-order valence-electron chi connectivity index (χ0n) is 14.7. The molecule has 0 spiro atoms. The highest BCUT2D eigenvalue weighted by Gasteiger charge is 2.52. The largest absolute Gasteiger partial charge is 0.494 e. The van der Waals surface area contributed by atoms with Crippen molar-refractivity contribution in [2.24, 2.45) is 0 Å². The fraction of sp³-hybridized carbons (Fsp3) is 0.684. The molecule has 4 heteroatoms. The second-order valence-electron chi connectivity index (χ2n) is 8.36. The van der Waals surface area contributed by atoms with Crippen LogP contribution >= 0.6 is 0 Å². The monoisotopic (exact) mass is 314 g/mol. The van der Waals surface area contributed by atoms with Crippen molar-refractivity contribution in [3.05, 3.63) is 29.3 Å². The Balaban J connectivity index is 1.68. The van der Waals surface area contributed by atoms with Gasteiger partial charge in [0.2, 0.25) is 0 Å². The third kappa shape index (κ3) is 2.86. The number of hydrogen-bond acceptors (Lipinski definition) is 3. The van der Waals surface area contributed by atoms with Crippen molar-refractivity contribution in [2.45, 2.75) is 70.0 Å². The van der Waals surface area contributed by atoms with Crippen LogP contribution in [0.4, 0.5) is 0 Å².